The van der Waals surface area contributed by atoms with Gasteiger partial charge in [-0.1, -0.05) is 30.3 Å². The molecule has 0 radical (unpaired) electrons. The first-order valence-electron chi connectivity index (χ1n) is 7.26. The molecule has 0 fully saturated rings. The Morgan fingerprint density at radius 2 is 2.24 bits per heavy atom. The maximum absolute atomic E-state index is 11.7. The molecule has 1 amide bonds. The lowest BCUT2D eigenvalue weighted by Gasteiger charge is -2.23. The van der Waals surface area contributed by atoms with E-state index in [-0.39, 0.29) is 6.09 Å². The molecule has 2 aromatic rings. The highest BCUT2D eigenvalue weighted by Crippen LogP contribution is 2.17. The Morgan fingerprint density at radius 3 is 3.10 bits per heavy atom. The number of benzene rings is 1. The number of carbonyl (C=O) groups excluding carboxylic acids is 1. The summed E-state index contributed by atoms with van der Waals surface area (Å²) < 4.78 is 7.36. The van der Waals surface area contributed by atoms with Crippen molar-refractivity contribution in [2.24, 2.45) is 5.92 Å². The first kappa shape index (κ1) is 13.7. The van der Waals surface area contributed by atoms with E-state index in [9.17, 15) is 4.79 Å². The average molecular weight is 285 g/mol. The highest BCUT2D eigenvalue weighted by Gasteiger charge is 2.19. The second kappa shape index (κ2) is 6.43. The van der Waals surface area contributed by atoms with E-state index in [4.69, 9.17) is 4.74 Å². The number of imidazole rings is 1. The van der Waals surface area contributed by atoms with Crippen LogP contribution in [0.4, 0.5) is 4.79 Å². The molecule has 0 saturated heterocycles. The van der Waals surface area contributed by atoms with E-state index in [1.807, 2.05) is 42.7 Å². The third kappa shape index (κ3) is 3.62. The van der Waals surface area contributed by atoms with Crippen LogP contribution in [0, 0.1) is 5.92 Å². The van der Waals surface area contributed by atoms with Crippen molar-refractivity contribution < 1.29 is 9.53 Å². The minimum Gasteiger partial charge on any atom is -0.445 e. The summed E-state index contributed by atoms with van der Waals surface area (Å²) >= 11 is 0. The average Bonchev–Trinajstić information content (AvgIpc) is 2.99. The van der Waals surface area contributed by atoms with E-state index in [0.29, 0.717) is 19.1 Å². The van der Waals surface area contributed by atoms with E-state index in [2.05, 4.69) is 14.9 Å². The summed E-state index contributed by atoms with van der Waals surface area (Å²) in [4.78, 5) is 16.0. The topological polar surface area (TPSA) is 56.2 Å². The van der Waals surface area contributed by atoms with E-state index in [1.165, 1.54) is 0 Å². The molecule has 5 nitrogen and oxygen atoms in total. The van der Waals surface area contributed by atoms with Crippen LogP contribution >= 0.6 is 0 Å². The fourth-order valence-corrected chi connectivity index (χ4v) is 2.61. The van der Waals surface area contributed by atoms with Crippen LogP contribution in [0.2, 0.25) is 0 Å². The number of amides is 1. The molecule has 1 atom stereocenters. The molecule has 1 N–H and O–H groups in total. The molecular weight excluding hydrogens is 266 g/mol. The van der Waals surface area contributed by atoms with Gasteiger partial charge in [0.1, 0.15) is 12.4 Å². The van der Waals surface area contributed by atoms with Gasteiger partial charge in [-0.2, -0.15) is 0 Å². The molecular formula is C16H19N3O2. The van der Waals surface area contributed by atoms with Crippen molar-refractivity contribution in [2.45, 2.75) is 26.0 Å². The van der Waals surface area contributed by atoms with Crippen molar-refractivity contribution in [3.05, 3.63) is 54.1 Å². The molecule has 1 unspecified atom stereocenters. The van der Waals surface area contributed by atoms with Crippen molar-refractivity contribution in [1.82, 2.24) is 14.9 Å². The molecule has 110 valence electrons. The fourth-order valence-electron chi connectivity index (χ4n) is 2.61. The van der Waals surface area contributed by atoms with Crippen LogP contribution in [0.1, 0.15) is 17.8 Å². The number of rotatable bonds is 4. The number of fused-ring (bicyclic) bond motifs is 1. The largest absolute Gasteiger partial charge is 0.445 e. The molecule has 0 spiro atoms. The van der Waals surface area contributed by atoms with Crippen LogP contribution in [0.15, 0.2) is 42.7 Å². The number of aryl methyl sites for hydroxylation is 1. The third-order valence-corrected chi connectivity index (χ3v) is 3.78. The van der Waals surface area contributed by atoms with Gasteiger partial charge in [-0.3, -0.25) is 0 Å². The summed E-state index contributed by atoms with van der Waals surface area (Å²) in [5, 5.41) is 2.85. The number of hydrogen-bond donors (Lipinski definition) is 1. The summed E-state index contributed by atoms with van der Waals surface area (Å²) in [5.74, 6) is 1.58. The van der Waals surface area contributed by atoms with Gasteiger partial charge in [-0.25, -0.2) is 9.78 Å². The Bertz CT molecular complexity index is 595. The number of nitrogens with zero attached hydrogens (tertiary/aromatic N) is 2. The second-order valence-electron chi connectivity index (χ2n) is 5.34. The molecule has 0 aliphatic carbocycles. The zero-order chi connectivity index (χ0) is 14.5. The van der Waals surface area contributed by atoms with Crippen LogP contribution in [-0.4, -0.2) is 22.2 Å². The summed E-state index contributed by atoms with van der Waals surface area (Å²) in [7, 11) is 0. The van der Waals surface area contributed by atoms with Crippen molar-refractivity contribution in [3.8, 4) is 0 Å². The van der Waals surface area contributed by atoms with Crippen molar-refractivity contribution >= 4 is 6.09 Å². The minimum absolute atomic E-state index is 0.309. The van der Waals surface area contributed by atoms with Crippen LogP contribution < -0.4 is 5.32 Å². The smallest absolute Gasteiger partial charge is 0.407 e. The molecule has 1 aromatic heterocycles. The van der Waals surface area contributed by atoms with E-state index in [0.717, 1.165) is 30.8 Å². The van der Waals surface area contributed by atoms with Crippen molar-refractivity contribution in [3.63, 3.8) is 0 Å². The molecule has 5 heteroatoms. The lowest BCUT2D eigenvalue weighted by molar-refractivity contribution is 0.137. The lowest BCUT2D eigenvalue weighted by Crippen LogP contribution is -2.33. The van der Waals surface area contributed by atoms with Gasteiger partial charge in [0.05, 0.1) is 0 Å². The lowest BCUT2D eigenvalue weighted by atomic mass is 9.99. The Balaban J connectivity index is 1.40. The zero-order valence-corrected chi connectivity index (χ0v) is 11.9. The van der Waals surface area contributed by atoms with Crippen LogP contribution in [0.5, 0.6) is 0 Å². The summed E-state index contributed by atoms with van der Waals surface area (Å²) in [6.07, 6.45) is 5.50. The van der Waals surface area contributed by atoms with Gasteiger partial charge in [0.25, 0.3) is 0 Å². The van der Waals surface area contributed by atoms with E-state index >= 15 is 0 Å². The molecule has 1 aromatic carbocycles. The second-order valence-corrected chi connectivity index (χ2v) is 5.34. The summed E-state index contributed by atoms with van der Waals surface area (Å²) in [6.45, 7) is 1.86. The highest BCUT2D eigenvalue weighted by molar-refractivity contribution is 5.67. The maximum atomic E-state index is 11.7. The van der Waals surface area contributed by atoms with E-state index in [1.54, 1.807) is 0 Å². The predicted octanol–water partition coefficient (Wildman–Crippen LogP) is 2.37. The summed E-state index contributed by atoms with van der Waals surface area (Å²) in [5.41, 5.74) is 0.994. The van der Waals surface area contributed by atoms with Gasteiger partial charge < -0.3 is 14.6 Å². The fraction of sp³-hybridized carbons (Fsp3) is 0.375. The molecule has 1 aliphatic heterocycles. The Morgan fingerprint density at radius 1 is 1.38 bits per heavy atom. The first-order valence-corrected chi connectivity index (χ1v) is 7.26. The number of ether oxygens (including phenoxy) is 1. The molecule has 21 heavy (non-hydrogen) atoms. The standard InChI is InChI=1S/C16H19N3O2/c20-16(21-12-13-4-2-1-3-5-13)18-10-14-6-7-15-17-8-9-19(15)11-14/h1-5,8-9,14H,6-7,10-12H2,(H,18,20). The van der Waals surface area contributed by atoms with Crippen molar-refractivity contribution in [2.75, 3.05) is 6.54 Å². The molecule has 1 aliphatic rings. The van der Waals surface area contributed by atoms with Gasteiger partial charge in [0, 0.05) is 31.9 Å². The SMILES string of the molecule is O=C(NCC1CCc2nccn2C1)OCc1ccccc1. The predicted molar refractivity (Wildman–Crippen MR) is 78.7 cm³/mol. The number of alkyl carbamates (subject to hydrolysis) is 1. The normalized spacial score (nSPS) is 17.0. The van der Waals surface area contributed by atoms with Gasteiger partial charge in [-0.15, -0.1) is 0 Å². The Hall–Kier alpha value is -2.30. The zero-order valence-electron chi connectivity index (χ0n) is 11.9. The first-order chi connectivity index (χ1) is 10.3. The number of carbonyl (C=O) groups is 1. The Kier molecular flexibility index (Phi) is 4.19. The van der Waals surface area contributed by atoms with Crippen LogP contribution in [-0.2, 0) is 24.3 Å². The van der Waals surface area contributed by atoms with Crippen LogP contribution in [0.25, 0.3) is 0 Å². The van der Waals surface area contributed by atoms with Gasteiger partial charge in [0.15, 0.2) is 0 Å². The number of aromatic nitrogens is 2. The quantitative estimate of drug-likeness (QED) is 0.938. The number of hydrogen-bond acceptors (Lipinski definition) is 3. The molecule has 3 rings (SSSR count). The minimum atomic E-state index is -0.352. The summed E-state index contributed by atoms with van der Waals surface area (Å²) in [6, 6.07) is 9.68. The molecule has 2 heterocycles. The molecule has 0 saturated carbocycles. The van der Waals surface area contributed by atoms with Crippen molar-refractivity contribution in [1.29, 1.82) is 0 Å². The monoisotopic (exact) mass is 285 g/mol. The highest BCUT2D eigenvalue weighted by atomic mass is 16.5. The maximum Gasteiger partial charge on any atom is 0.407 e. The Labute approximate surface area is 124 Å². The van der Waals surface area contributed by atoms with E-state index < -0.39 is 0 Å². The van der Waals surface area contributed by atoms with Gasteiger partial charge >= 0.3 is 6.09 Å². The van der Waals surface area contributed by atoms with Gasteiger partial charge in [0.2, 0.25) is 0 Å². The van der Waals surface area contributed by atoms with Gasteiger partial charge in [-0.05, 0) is 17.9 Å². The molecule has 0 bridgehead atoms. The number of nitrogens with one attached hydrogen (secondary N) is 1. The van der Waals surface area contributed by atoms with Crippen LogP contribution in [0.3, 0.4) is 0 Å². The third-order valence-electron chi connectivity index (χ3n) is 3.78.